The quantitative estimate of drug-likeness (QED) is 0.533. The van der Waals surface area contributed by atoms with Gasteiger partial charge in [-0.25, -0.2) is 4.99 Å². The van der Waals surface area contributed by atoms with Gasteiger partial charge in [-0.1, -0.05) is 23.7 Å². The molecule has 0 bridgehead atoms. The topological polar surface area (TPSA) is 60.0 Å². The summed E-state index contributed by atoms with van der Waals surface area (Å²) in [5, 5.41) is 7.56. The summed E-state index contributed by atoms with van der Waals surface area (Å²) >= 11 is 6.26. The number of halogens is 1. The fraction of sp³-hybridized carbons (Fsp3) is 0.652. The number of aliphatic imine (C=N–C) groups is 1. The van der Waals surface area contributed by atoms with E-state index in [1.807, 2.05) is 24.0 Å². The molecule has 0 saturated carbocycles. The number of hydrogen-bond donors (Lipinski definition) is 2. The number of nitrogens with one attached hydrogen (secondary N) is 2. The number of rotatable bonds is 6. The van der Waals surface area contributed by atoms with Gasteiger partial charge in [-0.3, -0.25) is 9.69 Å². The highest BCUT2D eigenvalue weighted by atomic mass is 35.5. The minimum absolute atomic E-state index is 0.126. The second kappa shape index (κ2) is 11.6. The maximum Gasteiger partial charge on any atom is 0.244 e. The van der Waals surface area contributed by atoms with E-state index in [0.29, 0.717) is 12.0 Å². The monoisotopic (exact) mass is 433 g/mol. The SMILES string of the molecule is CCNC(=NCC(=O)N1CCCCC1)NCC1CCCN(C)C1c1cccc(Cl)c1. The molecular formula is C23H36ClN5O. The van der Waals surface area contributed by atoms with E-state index < -0.39 is 0 Å². The van der Waals surface area contributed by atoms with Crippen LogP contribution in [0.25, 0.3) is 0 Å². The van der Waals surface area contributed by atoms with Crippen molar-refractivity contribution in [2.45, 2.75) is 45.1 Å². The zero-order valence-electron chi connectivity index (χ0n) is 18.4. The van der Waals surface area contributed by atoms with Crippen LogP contribution < -0.4 is 10.6 Å². The van der Waals surface area contributed by atoms with Gasteiger partial charge >= 0.3 is 0 Å². The summed E-state index contributed by atoms with van der Waals surface area (Å²) in [4.78, 5) is 21.4. The van der Waals surface area contributed by atoms with E-state index in [-0.39, 0.29) is 12.5 Å². The molecule has 1 aromatic carbocycles. The second-order valence-corrected chi connectivity index (χ2v) is 8.84. The predicted molar refractivity (Wildman–Crippen MR) is 124 cm³/mol. The fourth-order valence-corrected chi connectivity index (χ4v) is 4.85. The van der Waals surface area contributed by atoms with Gasteiger partial charge in [0, 0.05) is 37.2 Å². The molecule has 7 heteroatoms. The Morgan fingerprint density at radius 2 is 1.97 bits per heavy atom. The zero-order valence-corrected chi connectivity index (χ0v) is 19.1. The number of nitrogens with zero attached hydrogens (tertiary/aromatic N) is 3. The van der Waals surface area contributed by atoms with Gasteiger partial charge in [-0.15, -0.1) is 0 Å². The van der Waals surface area contributed by atoms with Gasteiger partial charge in [-0.2, -0.15) is 0 Å². The molecule has 0 aromatic heterocycles. The molecular weight excluding hydrogens is 398 g/mol. The molecule has 166 valence electrons. The van der Waals surface area contributed by atoms with Crippen molar-refractivity contribution in [3.8, 4) is 0 Å². The largest absolute Gasteiger partial charge is 0.357 e. The Hall–Kier alpha value is -1.79. The van der Waals surface area contributed by atoms with E-state index in [9.17, 15) is 4.79 Å². The number of likely N-dealkylation sites (tertiary alicyclic amines) is 2. The number of benzene rings is 1. The van der Waals surface area contributed by atoms with Crippen molar-refractivity contribution in [2.24, 2.45) is 10.9 Å². The van der Waals surface area contributed by atoms with Gasteiger partial charge in [0.15, 0.2) is 5.96 Å². The van der Waals surface area contributed by atoms with Crippen molar-refractivity contribution in [1.82, 2.24) is 20.4 Å². The Morgan fingerprint density at radius 1 is 1.17 bits per heavy atom. The van der Waals surface area contributed by atoms with Gasteiger partial charge in [0.1, 0.15) is 6.54 Å². The Balaban J connectivity index is 1.62. The number of carbonyl (C=O) groups excluding carboxylic acids is 1. The minimum Gasteiger partial charge on any atom is -0.357 e. The van der Waals surface area contributed by atoms with Gasteiger partial charge in [0.05, 0.1) is 0 Å². The second-order valence-electron chi connectivity index (χ2n) is 8.40. The van der Waals surface area contributed by atoms with E-state index in [1.165, 1.54) is 18.4 Å². The molecule has 2 aliphatic heterocycles. The van der Waals surface area contributed by atoms with Crippen LogP contribution in [0.1, 0.15) is 50.6 Å². The number of piperidine rings is 2. The highest BCUT2D eigenvalue weighted by Crippen LogP contribution is 2.35. The van der Waals surface area contributed by atoms with Crippen molar-refractivity contribution in [2.75, 3.05) is 46.3 Å². The smallest absolute Gasteiger partial charge is 0.244 e. The van der Waals surface area contributed by atoms with Gasteiger partial charge in [0.2, 0.25) is 5.91 Å². The van der Waals surface area contributed by atoms with Crippen LogP contribution in [0.3, 0.4) is 0 Å². The van der Waals surface area contributed by atoms with E-state index in [1.54, 1.807) is 0 Å². The normalized spacial score (nSPS) is 23.3. The number of carbonyl (C=O) groups is 1. The van der Waals surface area contributed by atoms with Crippen LogP contribution in [0, 0.1) is 5.92 Å². The third-order valence-corrected chi connectivity index (χ3v) is 6.39. The molecule has 0 aliphatic carbocycles. The summed E-state index contributed by atoms with van der Waals surface area (Å²) in [5.41, 5.74) is 1.26. The van der Waals surface area contributed by atoms with Crippen LogP contribution in [-0.2, 0) is 4.79 Å². The molecule has 30 heavy (non-hydrogen) atoms. The summed E-state index contributed by atoms with van der Waals surface area (Å²) in [7, 11) is 2.19. The molecule has 1 amide bonds. The summed E-state index contributed by atoms with van der Waals surface area (Å²) in [6.45, 7) is 6.66. The summed E-state index contributed by atoms with van der Waals surface area (Å²) in [6, 6.07) is 8.53. The number of hydrogen-bond acceptors (Lipinski definition) is 3. The average molecular weight is 434 g/mol. The Labute approximate surface area is 186 Å². The van der Waals surface area contributed by atoms with E-state index in [2.05, 4.69) is 39.7 Å². The summed E-state index contributed by atoms with van der Waals surface area (Å²) in [6.07, 6.45) is 5.77. The van der Waals surface area contributed by atoms with Crippen LogP contribution in [0.2, 0.25) is 5.02 Å². The average Bonchev–Trinajstić information content (AvgIpc) is 2.76. The van der Waals surface area contributed by atoms with Gasteiger partial charge < -0.3 is 15.5 Å². The molecule has 6 nitrogen and oxygen atoms in total. The summed E-state index contributed by atoms with van der Waals surface area (Å²) in [5.74, 6) is 1.30. The Kier molecular flexibility index (Phi) is 8.82. The number of amides is 1. The lowest BCUT2D eigenvalue weighted by Crippen LogP contribution is -2.45. The van der Waals surface area contributed by atoms with E-state index in [4.69, 9.17) is 11.6 Å². The highest BCUT2D eigenvalue weighted by Gasteiger charge is 2.30. The molecule has 2 unspecified atom stereocenters. The molecule has 1 aromatic rings. The predicted octanol–water partition coefficient (Wildman–Crippen LogP) is 3.29. The minimum atomic E-state index is 0.126. The molecule has 3 rings (SSSR count). The standard InChI is InChI=1S/C23H36ClN5O/c1-3-25-23(27-17-21(30)29-13-5-4-6-14-29)26-16-19-10-8-12-28(2)22(19)18-9-7-11-20(24)15-18/h7,9,11,15,19,22H,3-6,8,10,12-14,16-17H2,1-2H3,(H2,25,26,27). The zero-order chi connectivity index (χ0) is 21.3. The molecule has 2 heterocycles. The van der Waals surface area contributed by atoms with Crippen molar-refractivity contribution in [3.63, 3.8) is 0 Å². The molecule has 2 N–H and O–H groups in total. The first-order chi connectivity index (χ1) is 14.6. The number of guanidine groups is 1. The fourth-order valence-electron chi connectivity index (χ4n) is 4.65. The van der Waals surface area contributed by atoms with E-state index >= 15 is 0 Å². The van der Waals surface area contributed by atoms with Crippen LogP contribution in [0.4, 0.5) is 0 Å². The van der Waals surface area contributed by atoms with Crippen LogP contribution in [-0.4, -0.2) is 68.0 Å². The molecule has 0 radical (unpaired) electrons. The summed E-state index contributed by atoms with van der Waals surface area (Å²) < 4.78 is 0. The Morgan fingerprint density at radius 3 is 2.70 bits per heavy atom. The molecule has 2 atom stereocenters. The first kappa shape index (κ1) is 22.9. The lowest BCUT2D eigenvalue weighted by atomic mass is 9.85. The molecule has 0 spiro atoms. The molecule has 2 saturated heterocycles. The van der Waals surface area contributed by atoms with Crippen molar-refractivity contribution in [3.05, 3.63) is 34.9 Å². The Bertz CT molecular complexity index is 719. The highest BCUT2D eigenvalue weighted by molar-refractivity contribution is 6.30. The molecule has 2 aliphatic rings. The first-order valence-corrected chi connectivity index (χ1v) is 11.7. The van der Waals surface area contributed by atoms with Crippen LogP contribution in [0.15, 0.2) is 29.3 Å². The molecule has 2 fully saturated rings. The van der Waals surface area contributed by atoms with Crippen LogP contribution in [0.5, 0.6) is 0 Å². The lowest BCUT2D eigenvalue weighted by molar-refractivity contribution is -0.130. The van der Waals surface area contributed by atoms with Crippen LogP contribution >= 0.6 is 11.6 Å². The first-order valence-electron chi connectivity index (χ1n) is 11.3. The third kappa shape index (κ3) is 6.35. The van der Waals surface area contributed by atoms with Crippen molar-refractivity contribution < 1.29 is 4.79 Å². The third-order valence-electron chi connectivity index (χ3n) is 6.15. The van der Waals surface area contributed by atoms with E-state index in [0.717, 1.165) is 63.0 Å². The maximum atomic E-state index is 12.5. The lowest BCUT2D eigenvalue weighted by Gasteiger charge is -2.40. The van der Waals surface area contributed by atoms with Crippen molar-refractivity contribution >= 4 is 23.5 Å². The van der Waals surface area contributed by atoms with Gasteiger partial charge in [0.25, 0.3) is 0 Å². The maximum absolute atomic E-state index is 12.5. The van der Waals surface area contributed by atoms with Crippen molar-refractivity contribution in [1.29, 1.82) is 0 Å². The van der Waals surface area contributed by atoms with Gasteiger partial charge in [-0.05, 0) is 76.2 Å².